The Labute approximate surface area is 199 Å². The lowest BCUT2D eigenvalue weighted by molar-refractivity contribution is 0.102. The molecule has 6 heteroatoms. The van der Waals surface area contributed by atoms with Crippen LogP contribution in [0.4, 0.5) is 5.00 Å². The van der Waals surface area contributed by atoms with Crippen molar-refractivity contribution in [1.82, 2.24) is 9.80 Å². The summed E-state index contributed by atoms with van der Waals surface area (Å²) in [5.74, 6) is -0.0722. The van der Waals surface area contributed by atoms with Gasteiger partial charge in [0.1, 0.15) is 5.00 Å². The second kappa shape index (κ2) is 10.6. The van der Waals surface area contributed by atoms with Crippen LogP contribution in [0.5, 0.6) is 0 Å². The fraction of sp³-hybridized carbons (Fsp3) is 0.346. The molecule has 32 heavy (non-hydrogen) atoms. The minimum Gasteiger partial charge on any atom is -0.313 e. The number of piperazine rings is 1. The van der Waals surface area contributed by atoms with Gasteiger partial charge in [-0.2, -0.15) is 0 Å². The van der Waals surface area contributed by atoms with E-state index in [-0.39, 0.29) is 11.9 Å². The molecule has 1 atom stereocenters. The summed E-state index contributed by atoms with van der Waals surface area (Å²) in [6, 6.07) is 19.9. The minimum atomic E-state index is -0.0722. The van der Waals surface area contributed by atoms with E-state index >= 15 is 0 Å². The molecule has 0 radical (unpaired) electrons. The number of aryl methyl sites for hydroxylation is 1. The first-order chi connectivity index (χ1) is 15.6. The Balaban J connectivity index is 1.72. The fourth-order valence-electron chi connectivity index (χ4n) is 4.30. The summed E-state index contributed by atoms with van der Waals surface area (Å²) in [5, 5.41) is 4.88. The predicted molar refractivity (Wildman–Crippen MR) is 135 cm³/mol. The van der Waals surface area contributed by atoms with Gasteiger partial charge in [-0.15, -0.1) is 11.3 Å². The molecule has 1 amide bonds. The lowest BCUT2D eigenvalue weighted by atomic mass is 9.97. The van der Waals surface area contributed by atoms with Gasteiger partial charge in [0, 0.05) is 47.2 Å². The van der Waals surface area contributed by atoms with Crippen molar-refractivity contribution in [2.45, 2.75) is 26.3 Å². The van der Waals surface area contributed by atoms with E-state index in [1.165, 1.54) is 4.88 Å². The number of nitrogens with one attached hydrogen (secondary N) is 1. The highest BCUT2D eigenvalue weighted by Gasteiger charge is 2.30. The summed E-state index contributed by atoms with van der Waals surface area (Å²) in [4.78, 5) is 19.3. The number of carbonyl (C=O) groups is 1. The number of amides is 1. The van der Waals surface area contributed by atoms with Crippen LogP contribution in [0.25, 0.3) is 0 Å². The molecule has 1 saturated heterocycles. The molecule has 0 saturated carbocycles. The van der Waals surface area contributed by atoms with Gasteiger partial charge >= 0.3 is 0 Å². The zero-order valence-corrected chi connectivity index (χ0v) is 20.3. The number of carbonyl (C=O) groups excluding carboxylic acids is 1. The SMILES string of the molecule is CCc1cc([C@H](c2cccc(Cl)c2)N2CCN(CC)CC2)c(NC(=O)c2ccccc2)s1. The topological polar surface area (TPSA) is 35.6 Å². The number of rotatable bonds is 7. The van der Waals surface area contributed by atoms with E-state index in [1.54, 1.807) is 11.3 Å². The monoisotopic (exact) mass is 467 g/mol. The molecule has 3 aromatic rings. The van der Waals surface area contributed by atoms with Crippen molar-refractivity contribution >= 4 is 33.8 Å². The van der Waals surface area contributed by atoms with Crippen molar-refractivity contribution in [3.05, 3.63) is 87.3 Å². The quantitative estimate of drug-likeness (QED) is 0.466. The number of halogens is 1. The van der Waals surface area contributed by atoms with Crippen molar-refractivity contribution in [1.29, 1.82) is 0 Å². The zero-order valence-electron chi connectivity index (χ0n) is 18.7. The highest BCUT2D eigenvalue weighted by molar-refractivity contribution is 7.16. The Morgan fingerprint density at radius 3 is 2.44 bits per heavy atom. The Kier molecular flexibility index (Phi) is 7.63. The number of benzene rings is 2. The maximum atomic E-state index is 13.0. The Morgan fingerprint density at radius 1 is 1.03 bits per heavy atom. The van der Waals surface area contributed by atoms with Crippen LogP contribution < -0.4 is 5.32 Å². The van der Waals surface area contributed by atoms with Crippen molar-refractivity contribution in [2.75, 3.05) is 38.0 Å². The van der Waals surface area contributed by atoms with Crippen LogP contribution in [0.2, 0.25) is 5.02 Å². The maximum Gasteiger partial charge on any atom is 0.256 e. The zero-order chi connectivity index (χ0) is 22.5. The number of hydrogen-bond donors (Lipinski definition) is 1. The second-order valence-electron chi connectivity index (χ2n) is 8.10. The molecule has 1 fully saturated rings. The molecule has 1 aromatic heterocycles. The summed E-state index contributed by atoms with van der Waals surface area (Å²) in [6.45, 7) is 9.50. The maximum absolute atomic E-state index is 13.0. The van der Waals surface area contributed by atoms with Crippen LogP contribution in [0, 0.1) is 0 Å². The summed E-state index contributed by atoms with van der Waals surface area (Å²) < 4.78 is 0. The first-order valence-electron chi connectivity index (χ1n) is 11.3. The van der Waals surface area contributed by atoms with Gasteiger partial charge < -0.3 is 10.2 Å². The van der Waals surface area contributed by atoms with E-state index in [0.717, 1.165) is 60.3 Å². The molecule has 0 bridgehead atoms. The van der Waals surface area contributed by atoms with Gasteiger partial charge in [0.15, 0.2) is 0 Å². The molecule has 4 rings (SSSR count). The van der Waals surface area contributed by atoms with Crippen LogP contribution in [0.3, 0.4) is 0 Å². The lowest BCUT2D eigenvalue weighted by Gasteiger charge is -2.39. The van der Waals surface area contributed by atoms with Gasteiger partial charge in [-0.3, -0.25) is 9.69 Å². The van der Waals surface area contributed by atoms with Crippen LogP contribution in [0.15, 0.2) is 60.7 Å². The number of hydrogen-bond acceptors (Lipinski definition) is 4. The van der Waals surface area contributed by atoms with E-state index in [0.29, 0.717) is 5.56 Å². The highest BCUT2D eigenvalue weighted by Crippen LogP contribution is 2.40. The summed E-state index contributed by atoms with van der Waals surface area (Å²) in [7, 11) is 0. The van der Waals surface area contributed by atoms with E-state index in [4.69, 9.17) is 11.6 Å². The highest BCUT2D eigenvalue weighted by atomic mass is 35.5. The minimum absolute atomic E-state index is 0.0512. The number of anilines is 1. The summed E-state index contributed by atoms with van der Waals surface area (Å²) in [6.07, 6.45) is 0.935. The average Bonchev–Trinajstić information content (AvgIpc) is 3.22. The van der Waals surface area contributed by atoms with Gasteiger partial charge in [0.2, 0.25) is 0 Å². The van der Waals surface area contributed by atoms with Crippen molar-refractivity contribution < 1.29 is 4.79 Å². The largest absolute Gasteiger partial charge is 0.313 e. The first-order valence-corrected chi connectivity index (χ1v) is 12.5. The van der Waals surface area contributed by atoms with Crippen LogP contribution in [-0.2, 0) is 6.42 Å². The van der Waals surface area contributed by atoms with E-state index < -0.39 is 0 Å². The molecule has 0 spiro atoms. The third kappa shape index (κ3) is 5.24. The smallest absolute Gasteiger partial charge is 0.256 e. The molecular formula is C26H30ClN3OS. The van der Waals surface area contributed by atoms with Gasteiger partial charge in [-0.05, 0) is 48.9 Å². The first kappa shape index (κ1) is 23.0. The van der Waals surface area contributed by atoms with E-state index in [9.17, 15) is 4.79 Å². The van der Waals surface area contributed by atoms with Gasteiger partial charge in [-0.25, -0.2) is 0 Å². The Morgan fingerprint density at radius 2 is 1.78 bits per heavy atom. The second-order valence-corrected chi connectivity index (χ2v) is 9.67. The standard InChI is InChI=1S/C26H30ClN3OS/c1-3-22-18-23(26(32-22)28-25(31)19-9-6-5-7-10-19)24(20-11-8-12-21(27)17-20)30-15-13-29(4-2)14-16-30/h5-12,17-18,24H,3-4,13-16H2,1-2H3,(H,28,31)/t24-/m0/s1. The summed E-state index contributed by atoms with van der Waals surface area (Å²) in [5.41, 5.74) is 2.99. The number of thiophene rings is 1. The molecule has 1 aliphatic heterocycles. The Hall–Kier alpha value is -2.18. The van der Waals surface area contributed by atoms with Gasteiger partial charge in [0.25, 0.3) is 5.91 Å². The molecule has 0 aliphatic carbocycles. The molecule has 1 aliphatic rings. The molecule has 4 nitrogen and oxygen atoms in total. The van der Waals surface area contributed by atoms with Crippen molar-refractivity contribution in [3.8, 4) is 0 Å². The summed E-state index contributed by atoms with van der Waals surface area (Å²) >= 11 is 8.08. The van der Waals surface area contributed by atoms with Crippen molar-refractivity contribution in [3.63, 3.8) is 0 Å². The van der Waals surface area contributed by atoms with Crippen LogP contribution in [0.1, 0.15) is 46.3 Å². The average molecular weight is 468 g/mol. The van der Waals surface area contributed by atoms with E-state index in [1.807, 2.05) is 42.5 Å². The molecular weight excluding hydrogens is 438 g/mol. The van der Waals surface area contributed by atoms with Crippen LogP contribution in [-0.4, -0.2) is 48.4 Å². The fourth-order valence-corrected chi connectivity index (χ4v) is 5.52. The lowest BCUT2D eigenvalue weighted by Crippen LogP contribution is -2.47. The molecule has 2 aromatic carbocycles. The van der Waals surface area contributed by atoms with Crippen molar-refractivity contribution in [2.24, 2.45) is 0 Å². The van der Waals surface area contributed by atoms with Gasteiger partial charge in [0.05, 0.1) is 6.04 Å². The molecule has 168 valence electrons. The molecule has 0 unspecified atom stereocenters. The molecule has 1 N–H and O–H groups in total. The Bertz CT molecular complexity index is 1040. The number of likely N-dealkylation sites (N-methyl/N-ethyl adjacent to an activating group) is 1. The van der Waals surface area contributed by atoms with E-state index in [2.05, 4.69) is 47.2 Å². The number of nitrogens with zero attached hydrogens (tertiary/aromatic N) is 2. The third-order valence-corrected chi connectivity index (χ3v) is 7.55. The van der Waals surface area contributed by atoms with Gasteiger partial charge in [-0.1, -0.05) is 55.8 Å². The predicted octanol–water partition coefficient (Wildman–Crippen LogP) is 5.94. The van der Waals surface area contributed by atoms with Crippen LogP contribution >= 0.6 is 22.9 Å². The normalized spacial score (nSPS) is 16.1. The third-order valence-electron chi connectivity index (χ3n) is 6.10. The molecule has 2 heterocycles.